The highest BCUT2D eigenvalue weighted by Crippen LogP contribution is 2.29. The molecule has 0 saturated carbocycles. The zero-order valence-electron chi connectivity index (χ0n) is 16.5. The minimum Gasteiger partial charge on any atom is -0.335 e. The minimum absolute atomic E-state index is 0.101. The van der Waals surface area contributed by atoms with Crippen LogP contribution in [0.5, 0.6) is 0 Å². The number of hydrogen-bond acceptors (Lipinski definition) is 2. The fourth-order valence-electron chi connectivity index (χ4n) is 4.34. The van der Waals surface area contributed by atoms with Gasteiger partial charge in [0.25, 0.3) is 5.91 Å². The largest absolute Gasteiger partial charge is 0.335 e. The van der Waals surface area contributed by atoms with Gasteiger partial charge in [-0.15, -0.1) is 0 Å². The highest BCUT2D eigenvalue weighted by atomic mass is 35.5. The van der Waals surface area contributed by atoms with Crippen molar-refractivity contribution in [1.82, 2.24) is 9.80 Å². The van der Waals surface area contributed by atoms with Crippen LogP contribution in [0.3, 0.4) is 0 Å². The number of hydrogen-bond donors (Lipinski definition) is 0. The predicted molar refractivity (Wildman–Crippen MR) is 122 cm³/mol. The van der Waals surface area contributed by atoms with Gasteiger partial charge in [-0.05, 0) is 52.9 Å². The lowest BCUT2D eigenvalue weighted by Crippen LogP contribution is -2.61. The third kappa shape index (κ3) is 3.74. The van der Waals surface area contributed by atoms with Gasteiger partial charge < -0.3 is 4.90 Å². The second-order valence-electron chi connectivity index (χ2n) is 8.06. The normalized spacial score (nSPS) is 16.8. The van der Waals surface area contributed by atoms with Gasteiger partial charge in [-0.2, -0.15) is 0 Å². The summed E-state index contributed by atoms with van der Waals surface area (Å²) >= 11 is 12.1. The SMILES string of the molecule is O=C(c1ccc(-c2ccc(Cl)c(Cl)c2)cc1)N1CC(N2CCc3ccccc3C2)C1. The molecule has 0 atom stereocenters. The van der Waals surface area contributed by atoms with Crippen LogP contribution in [0.2, 0.25) is 10.0 Å². The molecule has 2 heterocycles. The van der Waals surface area contributed by atoms with Gasteiger partial charge in [0.2, 0.25) is 0 Å². The van der Waals surface area contributed by atoms with Gasteiger partial charge in [0.1, 0.15) is 0 Å². The summed E-state index contributed by atoms with van der Waals surface area (Å²) in [5, 5.41) is 1.07. The third-order valence-corrected chi connectivity index (χ3v) is 6.95. The average Bonchev–Trinajstić information content (AvgIpc) is 2.74. The molecule has 0 unspecified atom stereocenters. The zero-order chi connectivity index (χ0) is 20.7. The summed E-state index contributed by atoms with van der Waals surface area (Å²) in [5.74, 6) is 0.101. The first-order chi connectivity index (χ1) is 14.6. The number of amides is 1. The Morgan fingerprint density at radius 3 is 2.27 bits per heavy atom. The van der Waals surface area contributed by atoms with Crippen molar-refractivity contribution in [2.75, 3.05) is 19.6 Å². The lowest BCUT2D eigenvalue weighted by atomic mass is 9.96. The van der Waals surface area contributed by atoms with Gasteiger partial charge >= 0.3 is 0 Å². The Balaban J connectivity index is 1.21. The summed E-state index contributed by atoms with van der Waals surface area (Å²) in [6, 6.07) is 22.4. The number of halogens is 2. The monoisotopic (exact) mass is 436 g/mol. The molecule has 0 aliphatic carbocycles. The number of fused-ring (bicyclic) bond motifs is 1. The predicted octanol–water partition coefficient (Wildman–Crippen LogP) is 5.54. The summed E-state index contributed by atoms with van der Waals surface area (Å²) in [5.41, 5.74) is 5.60. The molecule has 1 amide bonds. The molecular formula is C25H22Cl2N2O. The van der Waals surface area contributed by atoms with Crippen LogP contribution < -0.4 is 0 Å². The molecule has 0 aromatic heterocycles. The van der Waals surface area contributed by atoms with Crippen molar-refractivity contribution in [3.05, 3.63) is 93.5 Å². The Kier molecular flexibility index (Phi) is 5.28. The maximum atomic E-state index is 12.9. The van der Waals surface area contributed by atoms with Crippen molar-refractivity contribution in [2.24, 2.45) is 0 Å². The van der Waals surface area contributed by atoms with E-state index in [1.165, 1.54) is 11.1 Å². The van der Waals surface area contributed by atoms with E-state index in [1.807, 2.05) is 41.3 Å². The molecule has 2 aliphatic heterocycles. The summed E-state index contributed by atoms with van der Waals surface area (Å²) in [4.78, 5) is 17.3. The molecule has 3 nitrogen and oxygen atoms in total. The second-order valence-corrected chi connectivity index (χ2v) is 8.87. The Bertz CT molecular complexity index is 1090. The number of benzene rings is 3. The van der Waals surface area contributed by atoms with Crippen molar-refractivity contribution in [2.45, 2.75) is 19.0 Å². The maximum Gasteiger partial charge on any atom is 0.253 e. The lowest BCUT2D eigenvalue weighted by molar-refractivity contribution is 0.0218. The molecule has 5 heteroatoms. The van der Waals surface area contributed by atoms with Crippen LogP contribution in [0, 0.1) is 0 Å². The van der Waals surface area contributed by atoms with E-state index in [-0.39, 0.29) is 5.91 Å². The van der Waals surface area contributed by atoms with Crippen LogP contribution >= 0.6 is 23.2 Å². The number of likely N-dealkylation sites (tertiary alicyclic amines) is 1. The summed E-state index contributed by atoms with van der Waals surface area (Å²) in [6.07, 6.45) is 1.09. The number of carbonyl (C=O) groups excluding carboxylic acids is 1. The van der Waals surface area contributed by atoms with Gasteiger partial charge in [0, 0.05) is 37.8 Å². The van der Waals surface area contributed by atoms with Crippen molar-refractivity contribution < 1.29 is 4.79 Å². The van der Waals surface area contributed by atoms with Crippen molar-refractivity contribution in [1.29, 1.82) is 0 Å². The Morgan fingerprint density at radius 1 is 0.833 bits per heavy atom. The first-order valence-corrected chi connectivity index (χ1v) is 11.0. The van der Waals surface area contributed by atoms with E-state index in [2.05, 4.69) is 29.2 Å². The Hall–Kier alpha value is -2.33. The minimum atomic E-state index is 0.101. The van der Waals surface area contributed by atoms with Crippen LogP contribution in [0.25, 0.3) is 11.1 Å². The molecule has 3 aromatic rings. The second kappa shape index (κ2) is 8.07. The number of carbonyl (C=O) groups is 1. The molecular weight excluding hydrogens is 415 g/mol. The molecule has 1 fully saturated rings. The van der Waals surface area contributed by atoms with Crippen LogP contribution in [-0.2, 0) is 13.0 Å². The van der Waals surface area contributed by atoms with Gasteiger partial charge in [-0.3, -0.25) is 9.69 Å². The molecule has 3 aromatic carbocycles. The molecule has 0 N–H and O–H groups in total. The highest BCUT2D eigenvalue weighted by Gasteiger charge is 2.36. The highest BCUT2D eigenvalue weighted by molar-refractivity contribution is 6.42. The molecule has 0 radical (unpaired) electrons. The van der Waals surface area contributed by atoms with Crippen molar-refractivity contribution >= 4 is 29.1 Å². The fourth-order valence-corrected chi connectivity index (χ4v) is 4.64. The van der Waals surface area contributed by atoms with E-state index < -0.39 is 0 Å². The van der Waals surface area contributed by atoms with E-state index >= 15 is 0 Å². The fraction of sp³-hybridized carbons (Fsp3) is 0.240. The molecule has 2 aliphatic rings. The Labute approximate surface area is 186 Å². The van der Waals surface area contributed by atoms with Gasteiger partial charge in [-0.1, -0.05) is 65.7 Å². The van der Waals surface area contributed by atoms with Crippen LogP contribution in [0.15, 0.2) is 66.7 Å². The van der Waals surface area contributed by atoms with E-state index in [9.17, 15) is 4.79 Å². The van der Waals surface area contributed by atoms with E-state index in [0.29, 0.717) is 16.1 Å². The maximum absolute atomic E-state index is 12.9. The van der Waals surface area contributed by atoms with Gasteiger partial charge in [0.15, 0.2) is 0 Å². The number of nitrogens with zero attached hydrogens (tertiary/aromatic N) is 2. The van der Waals surface area contributed by atoms with Crippen molar-refractivity contribution in [3.8, 4) is 11.1 Å². The van der Waals surface area contributed by atoms with Gasteiger partial charge in [0.05, 0.1) is 10.0 Å². The smallest absolute Gasteiger partial charge is 0.253 e. The van der Waals surface area contributed by atoms with Crippen LogP contribution in [0.1, 0.15) is 21.5 Å². The standard InChI is InChI=1S/C25H22Cl2N2O/c26-23-10-9-20(13-24(23)27)18-5-7-19(8-6-18)25(30)29-15-22(16-29)28-12-11-17-3-1-2-4-21(17)14-28/h1-10,13,22H,11-12,14-16H2. The van der Waals surface area contributed by atoms with Crippen LogP contribution in [-0.4, -0.2) is 41.4 Å². The first kappa shape index (κ1) is 19.6. The first-order valence-electron chi connectivity index (χ1n) is 10.2. The molecule has 0 bridgehead atoms. The van der Waals surface area contributed by atoms with Gasteiger partial charge in [-0.25, -0.2) is 0 Å². The molecule has 30 heavy (non-hydrogen) atoms. The topological polar surface area (TPSA) is 23.6 Å². The Morgan fingerprint density at radius 2 is 1.53 bits per heavy atom. The molecule has 0 spiro atoms. The summed E-state index contributed by atoms with van der Waals surface area (Å²) in [6.45, 7) is 3.66. The van der Waals surface area contributed by atoms with E-state index in [1.54, 1.807) is 6.07 Å². The zero-order valence-corrected chi connectivity index (χ0v) is 18.0. The van der Waals surface area contributed by atoms with E-state index in [4.69, 9.17) is 23.2 Å². The van der Waals surface area contributed by atoms with Crippen molar-refractivity contribution in [3.63, 3.8) is 0 Å². The molecule has 5 rings (SSSR count). The van der Waals surface area contributed by atoms with Crippen LogP contribution in [0.4, 0.5) is 0 Å². The average molecular weight is 437 g/mol. The van der Waals surface area contributed by atoms with E-state index in [0.717, 1.165) is 49.3 Å². The summed E-state index contributed by atoms with van der Waals surface area (Å²) < 4.78 is 0. The quantitative estimate of drug-likeness (QED) is 0.537. The third-order valence-electron chi connectivity index (χ3n) is 6.21. The molecule has 1 saturated heterocycles. The number of rotatable bonds is 3. The lowest BCUT2D eigenvalue weighted by Gasteiger charge is -2.47. The summed E-state index contributed by atoms with van der Waals surface area (Å²) in [7, 11) is 0. The molecule has 152 valence electrons.